The van der Waals surface area contributed by atoms with E-state index in [0.29, 0.717) is 17.4 Å². The van der Waals surface area contributed by atoms with Gasteiger partial charge in [0, 0.05) is 11.5 Å². The molecule has 3 atom stereocenters. The number of likely N-dealkylation sites (N-methyl/N-ethyl adjacent to an activating group) is 1. The minimum absolute atomic E-state index is 0.0465. The Morgan fingerprint density at radius 2 is 1.75 bits per heavy atom. The number of esters is 1. The van der Waals surface area contributed by atoms with Crippen LogP contribution in [0.2, 0.25) is 0 Å². The van der Waals surface area contributed by atoms with Crippen LogP contribution in [0, 0.1) is 0 Å². The van der Waals surface area contributed by atoms with E-state index < -0.39 is 5.60 Å². The van der Waals surface area contributed by atoms with E-state index >= 15 is 0 Å². The highest BCUT2D eigenvalue weighted by Gasteiger charge is 2.45. The van der Waals surface area contributed by atoms with Crippen LogP contribution in [-0.4, -0.2) is 43.8 Å². The Morgan fingerprint density at radius 3 is 2.36 bits per heavy atom. The molecule has 0 amide bonds. The molecule has 1 aliphatic heterocycles. The van der Waals surface area contributed by atoms with E-state index in [1.165, 1.54) is 5.56 Å². The summed E-state index contributed by atoms with van der Waals surface area (Å²) in [6, 6.07) is 20.9. The summed E-state index contributed by atoms with van der Waals surface area (Å²) in [4.78, 5) is 12.6. The molecule has 0 bridgehead atoms. The van der Waals surface area contributed by atoms with Gasteiger partial charge in [-0.15, -0.1) is 0 Å². The highest BCUT2D eigenvalue weighted by molar-refractivity contribution is 6.18. The Hall–Kier alpha value is -2.11. The van der Waals surface area contributed by atoms with Crippen LogP contribution in [0.1, 0.15) is 50.3 Å². The van der Waals surface area contributed by atoms with Gasteiger partial charge in [0.05, 0.1) is 26.6 Å². The number of rotatable bonds is 6. The smallest absolute Gasteiger partial charge is 0.460 e. The minimum Gasteiger partial charge on any atom is -0.460 e. The molecule has 1 aliphatic rings. The van der Waals surface area contributed by atoms with Crippen LogP contribution in [0.3, 0.4) is 0 Å². The maximum atomic E-state index is 12.6. The molecule has 1 saturated heterocycles. The fourth-order valence-corrected chi connectivity index (χ4v) is 3.90. The molecule has 1 radical (unpaired) electrons. The summed E-state index contributed by atoms with van der Waals surface area (Å²) in [6.45, 7) is 7.13. The quantitative estimate of drug-likeness (QED) is 0.556. The monoisotopic (exact) mass is 379 g/mol. The summed E-state index contributed by atoms with van der Waals surface area (Å²) in [7, 11) is 4.10. The van der Waals surface area contributed by atoms with E-state index in [1.807, 2.05) is 52.7 Å². The SMILES string of the molecule is CC(C)(C)OC(=O)C[C@@H](C[N+]1(C)[B]OC[C@H]1c1ccccc1)c1ccccc1. The summed E-state index contributed by atoms with van der Waals surface area (Å²) >= 11 is 0. The van der Waals surface area contributed by atoms with Gasteiger partial charge in [0.25, 0.3) is 0 Å². The number of hydrogen-bond acceptors (Lipinski definition) is 3. The molecule has 1 unspecified atom stereocenters. The van der Waals surface area contributed by atoms with Gasteiger partial charge in [-0.3, -0.25) is 4.79 Å². The number of carbonyl (C=O) groups excluding carboxylic acids is 1. The average Bonchev–Trinajstić information content (AvgIpc) is 3.02. The Bertz CT molecular complexity index is 775. The van der Waals surface area contributed by atoms with Gasteiger partial charge in [-0.05, 0) is 26.3 Å². The molecule has 5 heteroatoms. The number of carbonyl (C=O) groups is 1. The predicted molar refractivity (Wildman–Crippen MR) is 112 cm³/mol. The maximum Gasteiger partial charge on any atom is 0.650 e. The first-order valence-corrected chi connectivity index (χ1v) is 9.89. The number of hydrogen-bond donors (Lipinski definition) is 0. The van der Waals surface area contributed by atoms with E-state index in [1.54, 1.807) is 0 Å². The molecule has 28 heavy (non-hydrogen) atoms. The van der Waals surface area contributed by atoms with Crippen LogP contribution < -0.4 is 0 Å². The number of quaternary nitrogens is 1. The molecule has 0 aliphatic carbocycles. The number of ether oxygens (including phenoxy) is 1. The molecule has 0 N–H and O–H groups in total. The Kier molecular flexibility index (Phi) is 6.26. The van der Waals surface area contributed by atoms with Gasteiger partial charge >= 0.3 is 13.6 Å². The van der Waals surface area contributed by atoms with Gasteiger partial charge in [0.15, 0.2) is 0 Å². The second-order valence-corrected chi connectivity index (χ2v) is 8.79. The molecular weight excluding hydrogens is 349 g/mol. The second kappa shape index (κ2) is 8.50. The molecule has 1 fully saturated rings. The van der Waals surface area contributed by atoms with Crippen molar-refractivity contribution >= 4 is 13.6 Å². The van der Waals surface area contributed by atoms with Crippen molar-refractivity contribution < 1.29 is 18.6 Å². The number of benzene rings is 2. The second-order valence-electron chi connectivity index (χ2n) is 8.79. The summed E-state index contributed by atoms with van der Waals surface area (Å²) in [5, 5.41) is 0. The lowest BCUT2D eigenvalue weighted by atomic mass is 9.89. The highest BCUT2D eigenvalue weighted by Crippen LogP contribution is 2.35. The van der Waals surface area contributed by atoms with Crippen LogP contribution in [0.5, 0.6) is 0 Å². The third-order valence-electron chi connectivity index (χ3n) is 5.18. The Labute approximate surface area is 169 Å². The van der Waals surface area contributed by atoms with Crippen LogP contribution in [-0.2, 0) is 14.2 Å². The van der Waals surface area contributed by atoms with Crippen LogP contribution in [0.25, 0.3) is 0 Å². The Morgan fingerprint density at radius 1 is 1.14 bits per heavy atom. The standard InChI is InChI=1S/C23H30BNO3/c1-23(2,3)28-22(26)15-20(18-11-7-5-8-12-18)16-25(4)21(17-27-24-25)19-13-9-6-10-14-19/h5-14,20-21H,15-17H2,1-4H3/q+1/t20-,21-,25?/m0/s1. The normalized spacial score (nSPS) is 23.1. The minimum atomic E-state index is -0.480. The third kappa shape index (κ3) is 5.24. The lowest BCUT2D eigenvalue weighted by molar-refractivity contribution is -0.828. The predicted octanol–water partition coefficient (Wildman–Crippen LogP) is 4.25. The Balaban J connectivity index is 1.83. The van der Waals surface area contributed by atoms with E-state index in [2.05, 4.69) is 43.4 Å². The van der Waals surface area contributed by atoms with Gasteiger partial charge in [0.2, 0.25) is 0 Å². The molecule has 2 aromatic carbocycles. The molecule has 1 heterocycles. The van der Waals surface area contributed by atoms with Crippen molar-refractivity contribution in [3.63, 3.8) is 0 Å². The van der Waals surface area contributed by atoms with Gasteiger partial charge in [-0.1, -0.05) is 60.7 Å². The first kappa shape index (κ1) is 20.6. The largest absolute Gasteiger partial charge is 0.650 e. The highest BCUT2D eigenvalue weighted by atomic mass is 16.6. The molecule has 147 valence electrons. The molecule has 0 saturated carbocycles. The zero-order chi connectivity index (χ0) is 20.2. The van der Waals surface area contributed by atoms with Crippen molar-refractivity contribution in [2.24, 2.45) is 0 Å². The summed E-state index contributed by atoms with van der Waals surface area (Å²) in [5.41, 5.74) is 1.93. The van der Waals surface area contributed by atoms with Crippen molar-refractivity contribution in [2.75, 3.05) is 20.2 Å². The molecule has 0 spiro atoms. The van der Waals surface area contributed by atoms with E-state index in [0.717, 1.165) is 12.1 Å². The van der Waals surface area contributed by atoms with Crippen molar-refractivity contribution in [3.8, 4) is 0 Å². The lowest BCUT2D eigenvalue weighted by Crippen LogP contribution is -2.48. The molecule has 3 rings (SSSR count). The van der Waals surface area contributed by atoms with Gasteiger partial charge in [0.1, 0.15) is 11.6 Å². The summed E-state index contributed by atoms with van der Waals surface area (Å²) in [6.07, 6.45) is 0.352. The first-order chi connectivity index (χ1) is 13.3. The van der Waals surface area contributed by atoms with Crippen molar-refractivity contribution in [1.29, 1.82) is 0 Å². The zero-order valence-electron chi connectivity index (χ0n) is 17.3. The zero-order valence-corrected chi connectivity index (χ0v) is 17.3. The summed E-state index contributed by atoms with van der Waals surface area (Å²) < 4.78 is 12.0. The van der Waals surface area contributed by atoms with Crippen molar-refractivity contribution in [2.45, 2.75) is 44.8 Å². The lowest BCUT2D eigenvalue weighted by Gasteiger charge is -2.38. The fourth-order valence-electron chi connectivity index (χ4n) is 3.90. The van der Waals surface area contributed by atoms with Crippen molar-refractivity contribution in [3.05, 3.63) is 71.8 Å². The van der Waals surface area contributed by atoms with Gasteiger partial charge < -0.3 is 13.8 Å². The molecule has 0 aromatic heterocycles. The number of nitrogens with zero attached hydrogens (tertiary/aromatic N) is 1. The maximum absolute atomic E-state index is 12.6. The van der Waals surface area contributed by atoms with Crippen LogP contribution in [0.4, 0.5) is 0 Å². The first-order valence-electron chi connectivity index (χ1n) is 9.89. The fraction of sp³-hybridized carbons (Fsp3) is 0.435. The van der Waals surface area contributed by atoms with Crippen molar-refractivity contribution in [1.82, 2.24) is 0 Å². The van der Waals surface area contributed by atoms with Crippen LogP contribution in [0.15, 0.2) is 60.7 Å². The molecule has 4 nitrogen and oxygen atoms in total. The average molecular weight is 379 g/mol. The van der Waals surface area contributed by atoms with Gasteiger partial charge in [-0.2, -0.15) is 0 Å². The van der Waals surface area contributed by atoms with E-state index in [4.69, 9.17) is 9.39 Å². The van der Waals surface area contributed by atoms with E-state index in [-0.39, 0.29) is 17.9 Å². The topological polar surface area (TPSA) is 35.5 Å². The van der Waals surface area contributed by atoms with E-state index in [9.17, 15) is 4.79 Å². The molecular formula is C23H30BNO3+. The summed E-state index contributed by atoms with van der Waals surface area (Å²) in [5.74, 6) is -0.116. The third-order valence-corrected chi connectivity index (χ3v) is 5.18. The van der Waals surface area contributed by atoms with Gasteiger partial charge in [-0.25, -0.2) is 0 Å². The van der Waals surface area contributed by atoms with Crippen LogP contribution >= 0.6 is 0 Å². The molecule has 2 aromatic rings.